The molecule has 0 aromatic carbocycles. The number of anilines is 1. The molecule has 2 amide bonds. The molecule has 0 spiro atoms. The van der Waals surface area contributed by atoms with Crippen LogP contribution < -0.4 is 11.1 Å². The minimum atomic E-state index is -4.76. The predicted octanol–water partition coefficient (Wildman–Crippen LogP) is 3.66. The van der Waals surface area contributed by atoms with E-state index >= 15 is 0 Å². The molecule has 3 aromatic rings. The van der Waals surface area contributed by atoms with E-state index in [1.54, 1.807) is 0 Å². The van der Waals surface area contributed by atoms with Gasteiger partial charge >= 0.3 is 6.18 Å². The third-order valence-corrected chi connectivity index (χ3v) is 7.54. The van der Waals surface area contributed by atoms with E-state index in [-0.39, 0.29) is 54.3 Å². The first-order valence-corrected chi connectivity index (χ1v) is 12.5. The van der Waals surface area contributed by atoms with E-state index in [1.807, 2.05) is 0 Å². The van der Waals surface area contributed by atoms with Crippen LogP contribution in [0.3, 0.4) is 0 Å². The van der Waals surface area contributed by atoms with Gasteiger partial charge < -0.3 is 16.0 Å². The zero-order chi connectivity index (χ0) is 29.0. The number of rotatable bonds is 5. The van der Waals surface area contributed by atoms with E-state index in [9.17, 15) is 35.9 Å². The van der Waals surface area contributed by atoms with E-state index in [0.717, 1.165) is 16.9 Å². The molecule has 5 rings (SSSR count). The topological polar surface area (TPSA) is 119 Å². The molecule has 1 aliphatic carbocycles. The third kappa shape index (κ3) is 5.04. The summed E-state index contributed by atoms with van der Waals surface area (Å²) in [5.74, 6) is -6.08. The van der Waals surface area contributed by atoms with Crippen LogP contribution in [-0.4, -0.2) is 68.0 Å². The highest BCUT2D eigenvalue weighted by molar-refractivity contribution is 5.96. The van der Waals surface area contributed by atoms with Gasteiger partial charge in [0.15, 0.2) is 5.82 Å². The Labute approximate surface area is 223 Å². The molecule has 15 heteroatoms. The van der Waals surface area contributed by atoms with E-state index in [2.05, 4.69) is 20.4 Å². The van der Waals surface area contributed by atoms with Gasteiger partial charge in [0.1, 0.15) is 11.8 Å². The Bertz CT molecular complexity index is 1470. The molecule has 4 heterocycles. The highest BCUT2D eigenvalue weighted by Crippen LogP contribution is 2.41. The van der Waals surface area contributed by atoms with Crippen molar-refractivity contribution in [1.29, 1.82) is 0 Å². The first kappa shape index (κ1) is 27.6. The number of likely N-dealkylation sites (tertiary alicyclic amines) is 1. The largest absolute Gasteiger partial charge is 0.418 e. The molecule has 40 heavy (non-hydrogen) atoms. The highest BCUT2D eigenvalue weighted by atomic mass is 19.4. The second-order valence-corrected chi connectivity index (χ2v) is 10.2. The summed E-state index contributed by atoms with van der Waals surface area (Å²) in [6, 6.07) is 1.37. The zero-order valence-electron chi connectivity index (χ0n) is 21.2. The number of pyridine rings is 1. The number of aromatic nitrogens is 4. The lowest BCUT2D eigenvalue weighted by Crippen LogP contribution is -2.42. The number of halogens is 6. The van der Waals surface area contributed by atoms with Crippen molar-refractivity contribution in [2.45, 2.75) is 44.3 Å². The lowest BCUT2D eigenvalue weighted by atomic mass is 10.0. The van der Waals surface area contributed by atoms with Crippen LogP contribution in [0.1, 0.15) is 40.9 Å². The maximum Gasteiger partial charge on any atom is 0.418 e. The Kier molecular flexibility index (Phi) is 6.86. The zero-order valence-corrected chi connectivity index (χ0v) is 21.2. The molecule has 1 saturated heterocycles. The number of carbonyl (C=O) groups is 2. The fraction of sp³-hybridized carbons (Fsp3) is 0.480. The molecule has 9 nitrogen and oxygen atoms in total. The molecule has 1 aliphatic heterocycles. The van der Waals surface area contributed by atoms with Crippen LogP contribution in [0.15, 0.2) is 24.7 Å². The van der Waals surface area contributed by atoms with Crippen molar-refractivity contribution in [3.63, 3.8) is 0 Å². The van der Waals surface area contributed by atoms with Gasteiger partial charge in [-0.15, -0.1) is 0 Å². The molecule has 3 aromatic heterocycles. The summed E-state index contributed by atoms with van der Waals surface area (Å²) in [7, 11) is 0. The van der Waals surface area contributed by atoms with Crippen LogP contribution >= 0.6 is 0 Å². The van der Waals surface area contributed by atoms with Crippen molar-refractivity contribution in [3.8, 4) is 11.3 Å². The fourth-order valence-electron chi connectivity index (χ4n) is 5.43. The van der Waals surface area contributed by atoms with Crippen LogP contribution in [0.25, 0.3) is 16.8 Å². The smallest absolute Gasteiger partial charge is 0.382 e. The average Bonchev–Trinajstić information content (AvgIpc) is 3.59. The number of carbonyl (C=O) groups excluding carboxylic acids is 2. The van der Waals surface area contributed by atoms with Gasteiger partial charge in [0.05, 0.1) is 35.2 Å². The Hall–Kier alpha value is -3.91. The molecule has 3 N–H and O–H groups in total. The van der Waals surface area contributed by atoms with E-state index in [1.165, 1.54) is 24.1 Å². The van der Waals surface area contributed by atoms with Gasteiger partial charge in [0, 0.05) is 49.5 Å². The molecule has 2 aliphatic rings. The van der Waals surface area contributed by atoms with Crippen LogP contribution in [-0.2, 0) is 11.0 Å². The number of nitrogens with zero attached hydrogens (tertiary/aromatic N) is 5. The molecule has 3 atom stereocenters. The molecular weight excluding hydrogens is 544 g/mol. The third-order valence-electron chi connectivity index (χ3n) is 7.54. The number of amides is 2. The van der Waals surface area contributed by atoms with Crippen molar-refractivity contribution in [1.82, 2.24) is 29.8 Å². The minimum absolute atomic E-state index is 0.0147. The van der Waals surface area contributed by atoms with Crippen LogP contribution in [0.4, 0.5) is 32.2 Å². The molecule has 214 valence electrons. The number of hydrogen-bond donors (Lipinski definition) is 2. The van der Waals surface area contributed by atoms with Crippen molar-refractivity contribution < 1.29 is 35.9 Å². The highest BCUT2D eigenvalue weighted by Gasteiger charge is 2.46. The van der Waals surface area contributed by atoms with Gasteiger partial charge in [0.2, 0.25) is 11.8 Å². The van der Waals surface area contributed by atoms with Gasteiger partial charge in [-0.3, -0.25) is 19.0 Å². The molecule has 0 radical (unpaired) electrons. The lowest BCUT2D eigenvalue weighted by molar-refractivity contribution is -0.136. The average molecular weight is 570 g/mol. The van der Waals surface area contributed by atoms with Crippen molar-refractivity contribution in [2.24, 2.45) is 11.8 Å². The number of aryl methyl sites for hydroxylation is 1. The number of nitrogens with one attached hydrogen (secondary N) is 1. The maximum absolute atomic E-state index is 13.8. The Balaban J connectivity index is 1.40. The normalized spacial score (nSPS) is 22.7. The molecular formula is C25H25F6N7O2. The van der Waals surface area contributed by atoms with Crippen LogP contribution in [0.2, 0.25) is 0 Å². The first-order valence-electron chi connectivity index (χ1n) is 12.5. The number of fused-ring (bicyclic) bond motifs is 1. The molecule has 1 saturated carbocycles. The van der Waals surface area contributed by atoms with Gasteiger partial charge in [-0.25, -0.2) is 18.3 Å². The summed E-state index contributed by atoms with van der Waals surface area (Å²) in [6.45, 7) is 0.580. The standard InChI is InChI=1S/C25H25F6N7O2/c1-12-16(4-14(8-33-12)19-5-17(25(29,30)31)20-21(32)34-11-35-38(19)20)22(39)36-18-10-37(9-15(18)7-26)23(40)13-2-3-24(27,28)6-13/h4-5,8,11,13,15,18H,2-3,6-7,9-10H2,1H3,(H,36,39)(H2,32,34,35)/t13?,15-,18?/m0/s1. The Morgan fingerprint density at radius 3 is 2.60 bits per heavy atom. The van der Waals surface area contributed by atoms with Crippen LogP contribution in [0, 0.1) is 18.8 Å². The fourth-order valence-corrected chi connectivity index (χ4v) is 5.43. The van der Waals surface area contributed by atoms with Crippen molar-refractivity contribution >= 4 is 23.1 Å². The summed E-state index contributed by atoms with van der Waals surface area (Å²) in [5, 5.41) is 6.58. The van der Waals surface area contributed by atoms with Gasteiger partial charge in [-0.1, -0.05) is 0 Å². The quantitative estimate of drug-likeness (QED) is 0.453. The summed E-state index contributed by atoms with van der Waals surface area (Å²) >= 11 is 0. The van der Waals surface area contributed by atoms with E-state index < -0.39 is 66.0 Å². The minimum Gasteiger partial charge on any atom is -0.382 e. The maximum atomic E-state index is 13.8. The van der Waals surface area contributed by atoms with E-state index in [4.69, 9.17) is 5.73 Å². The lowest BCUT2D eigenvalue weighted by Gasteiger charge is -2.21. The van der Waals surface area contributed by atoms with Gasteiger partial charge in [-0.05, 0) is 25.5 Å². The summed E-state index contributed by atoms with van der Waals surface area (Å²) < 4.78 is 83.2. The number of hydrogen-bond acceptors (Lipinski definition) is 6. The second kappa shape index (κ2) is 9.93. The Morgan fingerprint density at radius 2 is 1.95 bits per heavy atom. The number of nitrogens with two attached hydrogens (primary N) is 1. The van der Waals surface area contributed by atoms with E-state index in [0.29, 0.717) is 0 Å². The Morgan fingerprint density at radius 1 is 1.20 bits per heavy atom. The SMILES string of the molecule is Cc1ncc(-c2cc(C(F)(F)F)c3c(N)ncnn23)cc1C(=O)NC1CN(C(=O)C2CCC(F)(F)C2)C[C@@H]1CF. The van der Waals surface area contributed by atoms with Crippen LogP contribution in [0.5, 0.6) is 0 Å². The molecule has 2 fully saturated rings. The predicted molar refractivity (Wildman–Crippen MR) is 130 cm³/mol. The van der Waals surface area contributed by atoms with Gasteiger partial charge in [0.25, 0.3) is 5.91 Å². The molecule has 0 bridgehead atoms. The number of nitrogen functional groups attached to an aromatic ring is 1. The monoisotopic (exact) mass is 569 g/mol. The van der Waals surface area contributed by atoms with Gasteiger partial charge in [-0.2, -0.15) is 18.3 Å². The summed E-state index contributed by atoms with van der Waals surface area (Å²) in [4.78, 5) is 35.2. The number of alkyl halides is 6. The summed E-state index contributed by atoms with van der Waals surface area (Å²) in [5.41, 5.74) is 4.56. The van der Waals surface area contributed by atoms with Crippen molar-refractivity contribution in [2.75, 3.05) is 25.5 Å². The first-order chi connectivity index (χ1) is 18.8. The second-order valence-electron chi connectivity index (χ2n) is 10.2. The van der Waals surface area contributed by atoms with Crippen molar-refractivity contribution in [3.05, 3.63) is 41.5 Å². The molecule has 2 unspecified atom stereocenters. The summed E-state index contributed by atoms with van der Waals surface area (Å²) in [6.07, 6.45) is -3.38.